The summed E-state index contributed by atoms with van der Waals surface area (Å²) >= 11 is 1.51. The van der Waals surface area contributed by atoms with Gasteiger partial charge in [0.1, 0.15) is 5.82 Å². The molecule has 3 nitrogen and oxygen atoms in total. The van der Waals surface area contributed by atoms with E-state index in [-0.39, 0.29) is 0 Å². The first-order chi connectivity index (χ1) is 8.29. The molecule has 1 N–H and O–H groups in total. The molecule has 1 heterocycles. The van der Waals surface area contributed by atoms with Gasteiger partial charge in [0, 0.05) is 24.0 Å². The number of hydrogen-bond donors (Lipinski definition) is 1. The Labute approximate surface area is 108 Å². The average Bonchev–Trinajstić information content (AvgIpc) is 2.78. The highest BCUT2D eigenvalue weighted by atomic mass is 32.1. The van der Waals surface area contributed by atoms with E-state index in [9.17, 15) is 0 Å². The Hall–Kier alpha value is -0.640. The van der Waals surface area contributed by atoms with Gasteiger partial charge < -0.3 is 5.32 Å². The van der Waals surface area contributed by atoms with Gasteiger partial charge in [0.2, 0.25) is 5.13 Å². The number of nitrogens with zero attached hydrogens (tertiary/aromatic N) is 2. The van der Waals surface area contributed by atoms with Gasteiger partial charge in [-0.2, -0.15) is 4.37 Å². The SMILES string of the molecule is CCCc1nsc(NC(C)C2CCCCC2)n1. The van der Waals surface area contributed by atoms with Gasteiger partial charge in [0.05, 0.1) is 0 Å². The van der Waals surface area contributed by atoms with Crippen LogP contribution in [0.5, 0.6) is 0 Å². The Bertz CT molecular complexity index is 331. The molecule has 1 aromatic heterocycles. The maximum atomic E-state index is 4.53. The highest BCUT2D eigenvalue weighted by Gasteiger charge is 2.20. The molecule has 0 saturated heterocycles. The zero-order valence-corrected chi connectivity index (χ0v) is 11.7. The van der Waals surface area contributed by atoms with E-state index in [1.165, 1.54) is 43.6 Å². The molecule has 4 heteroatoms. The Morgan fingerprint density at radius 1 is 1.35 bits per heavy atom. The predicted octanol–water partition coefficient (Wildman–Crippen LogP) is 3.87. The van der Waals surface area contributed by atoms with Crippen molar-refractivity contribution in [3.8, 4) is 0 Å². The Morgan fingerprint density at radius 2 is 2.12 bits per heavy atom. The molecule has 0 bridgehead atoms. The normalized spacial score (nSPS) is 19.2. The molecule has 1 saturated carbocycles. The molecule has 0 aromatic carbocycles. The van der Waals surface area contributed by atoms with Gasteiger partial charge in [-0.3, -0.25) is 0 Å². The second-order valence-electron chi connectivity index (χ2n) is 5.10. The maximum absolute atomic E-state index is 4.53. The maximum Gasteiger partial charge on any atom is 0.202 e. The fraction of sp³-hybridized carbons (Fsp3) is 0.846. The van der Waals surface area contributed by atoms with Crippen LogP contribution in [0.4, 0.5) is 5.13 Å². The van der Waals surface area contributed by atoms with Gasteiger partial charge in [-0.25, -0.2) is 4.98 Å². The van der Waals surface area contributed by atoms with Crippen molar-refractivity contribution in [3.63, 3.8) is 0 Å². The number of anilines is 1. The fourth-order valence-corrected chi connectivity index (χ4v) is 3.29. The Morgan fingerprint density at radius 3 is 2.82 bits per heavy atom. The molecule has 0 radical (unpaired) electrons. The molecule has 0 spiro atoms. The molecule has 1 aromatic rings. The minimum absolute atomic E-state index is 0.540. The average molecular weight is 253 g/mol. The van der Waals surface area contributed by atoms with Crippen molar-refractivity contribution in [1.82, 2.24) is 9.36 Å². The molecule has 17 heavy (non-hydrogen) atoms. The summed E-state index contributed by atoms with van der Waals surface area (Å²) in [6.45, 7) is 4.45. The second kappa shape index (κ2) is 6.34. The molecule has 1 aliphatic carbocycles. The molecule has 1 unspecified atom stereocenters. The van der Waals surface area contributed by atoms with Crippen LogP contribution in [0.2, 0.25) is 0 Å². The van der Waals surface area contributed by atoms with Gasteiger partial charge in [-0.05, 0) is 32.1 Å². The third-order valence-electron chi connectivity index (χ3n) is 3.65. The number of hydrogen-bond acceptors (Lipinski definition) is 4. The first-order valence-corrected chi connectivity index (χ1v) is 7.66. The van der Waals surface area contributed by atoms with E-state index >= 15 is 0 Å². The molecule has 96 valence electrons. The summed E-state index contributed by atoms with van der Waals surface area (Å²) in [6, 6.07) is 0.540. The van der Waals surface area contributed by atoms with Gasteiger partial charge in [0.15, 0.2) is 0 Å². The highest BCUT2D eigenvalue weighted by Crippen LogP contribution is 2.28. The first-order valence-electron chi connectivity index (χ1n) is 6.88. The topological polar surface area (TPSA) is 37.8 Å². The minimum Gasteiger partial charge on any atom is -0.358 e. The molecule has 2 rings (SSSR count). The van der Waals surface area contributed by atoms with Gasteiger partial charge in [0.25, 0.3) is 0 Å². The third kappa shape index (κ3) is 3.66. The zero-order chi connectivity index (χ0) is 12.1. The van der Waals surface area contributed by atoms with Gasteiger partial charge >= 0.3 is 0 Å². The third-order valence-corrected chi connectivity index (χ3v) is 4.33. The smallest absolute Gasteiger partial charge is 0.202 e. The second-order valence-corrected chi connectivity index (χ2v) is 5.85. The lowest BCUT2D eigenvalue weighted by atomic mass is 9.85. The van der Waals surface area contributed by atoms with E-state index in [1.807, 2.05) is 0 Å². The van der Waals surface area contributed by atoms with E-state index in [1.54, 1.807) is 0 Å². The number of nitrogens with one attached hydrogen (secondary N) is 1. The van der Waals surface area contributed by atoms with Crippen LogP contribution in [0.25, 0.3) is 0 Å². The first kappa shape index (κ1) is 12.8. The monoisotopic (exact) mass is 253 g/mol. The van der Waals surface area contributed by atoms with Crippen LogP contribution >= 0.6 is 11.5 Å². The van der Waals surface area contributed by atoms with Gasteiger partial charge in [-0.15, -0.1) is 0 Å². The minimum atomic E-state index is 0.540. The van der Waals surface area contributed by atoms with Crippen LogP contribution in [0.3, 0.4) is 0 Å². The molecule has 1 fully saturated rings. The Kier molecular flexibility index (Phi) is 4.77. The summed E-state index contributed by atoms with van der Waals surface area (Å²) < 4.78 is 4.37. The van der Waals surface area contributed by atoms with E-state index in [0.717, 1.165) is 29.7 Å². The van der Waals surface area contributed by atoms with Crippen LogP contribution in [0.15, 0.2) is 0 Å². The van der Waals surface area contributed by atoms with Crippen molar-refractivity contribution >= 4 is 16.7 Å². The highest BCUT2D eigenvalue weighted by molar-refractivity contribution is 7.09. The lowest BCUT2D eigenvalue weighted by molar-refractivity contribution is 0.328. The van der Waals surface area contributed by atoms with E-state index in [4.69, 9.17) is 0 Å². The molecule has 1 atom stereocenters. The van der Waals surface area contributed by atoms with Crippen molar-refractivity contribution in [2.45, 2.75) is 64.8 Å². The van der Waals surface area contributed by atoms with Crippen LogP contribution in [0.1, 0.15) is 58.2 Å². The molecule has 0 amide bonds. The Balaban J connectivity index is 1.85. The van der Waals surface area contributed by atoms with Crippen LogP contribution in [-0.2, 0) is 6.42 Å². The summed E-state index contributed by atoms with van der Waals surface area (Å²) in [4.78, 5) is 4.53. The van der Waals surface area contributed by atoms with Crippen molar-refractivity contribution < 1.29 is 0 Å². The van der Waals surface area contributed by atoms with Crippen molar-refractivity contribution in [1.29, 1.82) is 0 Å². The van der Waals surface area contributed by atoms with E-state index in [2.05, 4.69) is 28.5 Å². The predicted molar refractivity (Wildman–Crippen MR) is 73.6 cm³/mol. The standard InChI is InChI=1S/C13H23N3S/c1-3-7-12-15-13(17-16-12)14-10(2)11-8-5-4-6-9-11/h10-11H,3-9H2,1-2H3,(H,14,15,16). The van der Waals surface area contributed by atoms with E-state index in [0.29, 0.717) is 6.04 Å². The zero-order valence-electron chi connectivity index (χ0n) is 10.9. The molecule has 1 aliphatic rings. The summed E-state index contributed by atoms with van der Waals surface area (Å²) in [5.74, 6) is 1.82. The largest absolute Gasteiger partial charge is 0.358 e. The summed E-state index contributed by atoms with van der Waals surface area (Å²) in [5, 5.41) is 4.54. The lowest BCUT2D eigenvalue weighted by Gasteiger charge is -2.27. The molecular weight excluding hydrogens is 230 g/mol. The molecule has 0 aliphatic heterocycles. The molecular formula is C13H23N3S. The lowest BCUT2D eigenvalue weighted by Crippen LogP contribution is -2.27. The number of rotatable bonds is 5. The van der Waals surface area contributed by atoms with Crippen molar-refractivity contribution in [2.75, 3.05) is 5.32 Å². The van der Waals surface area contributed by atoms with Crippen LogP contribution in [-0.4, -0.2) is 15.4 Å². The number of aromatic nitrogens is 2. The van der Waals surface area contributed by atoms with Crippen LogP contribution < -0.4 is 5.32 Å². The van der Waals surface area contributed by atoms with Crippen molar-refractivity contribution in [2.24, 2.45) is 5.92 Å². The van der Waals surface area contributed by atoms with E-state index < -0.39 is 0 Å². The summed E-state index contributed by atoms with van der Waals surface area (Å²) in [5.41, 5.74) is 0. The van der Waals surface area contributed by atoms with Gasteiger partial charge in [-0.1, -0.05) is 26.2 Å². The van der Waals surface area contributed by atoms with Crippen molar-refractivity contribution in [3.05, 3.63) is 5.82 Å². The summed E-state index contributed by atoms with van der Waals surface area (Å²) in [6.07, 6.45) is 9.07. The fourth-order valence-electron chi connectivity index (χ4n) is 2.58. The quantitative estimate of drug-likeness (QED) is 0.865. The summed E-state index contributed by atoms with van der Waals surface area (Å²) in [7, 11) is 0. The van der Waals surface area contributed by atoms with Crippen LogP contribution in [0, 0.1) is 5.92 Å². The number of aryl methyl sites for hydroxylation is 1.